The van der Waals surface area contributed by atoms with E-state index in [4.69, 9.17) is 5.26 Å². The molecule has 0 saturated heterocycles. The van der Waals surface area contributed by atoms with Crippen LogP contribution in [0.3, 0.4) is 0 Å². The highest BCUT2D eigenvalue weighted by molar-refractivity contribution is 6.10. The maximum atomic E-state index is 12.1. The van der Waals surface area contributed by atoms with Gasteiger partial charge >= 0.3 is 0 Å². The van der Waals surface area contributed by atoms with E-state index in [1.54, 1.807) is 12.1 Å². The number of rotatable bonds is 4. The van der Waals surface area contributed by atoms with Crippen molar-refractivity contribution in [2.45, 2.75) is 0 Å². The number of nitro benzene ring substituents is 1. The smallest absolute Gasteiger partial charge is 0.292 e. The lowest BCUT2D eigenvalue weighted by Gasteiger charge is -2.05. The lowest BCUT2D eigenvalue weighted by Crippen LogP contribution is -2.14. The first-order valence-electron chi connectivity index (χ1n) is 6.47. The molecule has 0 heterocycles. The molecule has 1 amide bonds. The molecule has 114 valence electrons. The van der Waals surface area contributed by atoms with Gasteiger partial charge < -0.3 is 10.4 Å². The summed E-state index contributed by atoms with van der Waals surface area (Å²) < 4.78 is 0. The highest BCUT2D eigenvalue weighted by Crippen LogP contribution is 2.24. The molecule has 0 fully saturated rings. The number of nitriles is 1. The number of carbonyl (C=O) groups excluding carboxylic acids is 1. The van der Waals surface area contributed by atoms with E-state index in [0.29, 0.717) is 5.56 Å². The van der Waals surface area contributed by atoms with Gasteiger partial charge in [0.05, 0.1) is 4.92 Å². The van der Waals surface area contributed by atoms with Crippen LogP contribution < -0.4 is 5.32 Å². The van der Waals surface area contributed by atoms with Crippen LogP contribution in [0.2, 0.25) is 0 Å². The molecule has 0 saturated carbocycles. The van der Waals surface area contributed by atoms with Gasteiger partial charge in [-0.2, -0.15) is 5.26 Å². The second kappa shape index (κ2) is 6.87. The number of amides is 1. The number of nitro groups is 1. The van der Waals surface area contributed by atoms with Crippen molar-refractivity contribution < 1.29 is 14.8 Å². The van der Waals surface area contributed by atoms with E-state index in [-0.39, 0.29) is 22.7 Å². The van der Waals surface area contributed by atoms with Crippen LogP contribution in [0.5, 0.6) is 5.75 Å². The minimum Gasteiger partial charge on any atom is -0.508 e. The van der Waals surface area contributed by atoms with Crippen LogP contribution in [-0.4, -0.2) is 15.9 Å². The number of nitrogens with one attached hydrogen (secondary N) is 1. The van der Waals surface area contributed by atoms with Crippen molar-refractivity contribution in [3.8, 4) is 11.8 Å². The minimum atomic E-state index is -0.755. The molecule has 0 aliphatic heterocycles. The fraction of sp³-hybridized carbons (Fsp3) is 0. The number of phenolic OH excluding ortho intramolecular Hbond substituents is 1. The molecule has 7 nitrogen and oxygen atoms in total. The molecule has 0 bridgehead atoms. The third-order valence-corrected chi connectivity index (χ3v) is 2.92. The highest BCUT2D eigenvalue weighted by atomic mass is 16.6. The molecule has 0 unspecified atom stereocenters. The Morgan fingerprint density at radius 1 is 1.22 bits per heavy atom. The third kappa shape index (κ3) is 3.92. The maximum absolute atomic E-state index is 12.1. The number of para-hydroxylation sites is 2. The van der Waals surface area contributed by atoms with Gasteiger partial charge in [-0.1, -0.05) is 24.3 Å². The van der Waals surface area contributed by atoms with E-state index < -0.39 is 10.8 Å². The monoisotopic (exact) mass is 309 g/mol. The Balaban J connectivity index is 2.27. The van der Waals surface area contributed by atoms with Gasteiger partial charge in [-0.3, -0.25) is 14.9 Å². The molecule has 0 aromatic heterocycles. The predicted molar refractivity (Wildman–Crippen MR) is 83.4 cm³/mol. The van der Waals surface area contributed by atoms with Crippen molar-refractivity contribution in [3.05, 3.63) is 69.8 Å². The van der Waals surface area contributed by atoms with E-state index in [1.165, 1.54) is 48.5 Å². The molecule has 0 atom stereocenters. The second-order valence-corrected chi connectivity index (χ2v) is 4.49. The topological polar surface area (TPSA) is 116 Å². The first-order chi connectivity index (χ1) is 11.0. The van der Waals surface area contributed by atoms with Crippen molar-refractivity contribution in [3.63, 3.8) is 0 Å². The Kier molecular flexibility index (Phi) is 4.69. The second-order valence-electron chi connectivity index (χ2n) is 4.49. The number of nitrogens with zero attached hydrogens (tertiary/aromatic N) is 2. The van der Waals surface area contributed by atoms with Gasteiger partial charge in [0.25, 0.3) is 11.6 Å². The molecular weight excluding hydrogens is 298 g/mol. The van der Waals surface area contributed by atoms with Crippen LogP contribution in [0.25, 0.3) is 6.08 Å². The zero-order chi connectivity index (χ0) is 16.8. The number of hydrogen-bond acceptors (Lipinski definition) is 5. The molecule has 2 aromatic rings. The summed E-state index contributed by atoms with van der Waals surface area (Å²) >= 11 is 0. The van der Waals surface area contributed by atoms with E-state index in [9.17, 15) is 20.0 Å². The predicted octanol–water partition coefficient (Wildman–Crippen LogP) is 2.85. The zero-order valence-corrected chi connectivity index (χ0v) is 11.8. The van der Waals surface area contributed by atoms with Gasteiger partial charge in [-0.15, -0.1) is 0 Å². The van der Waals surface area contributed by atoms with Crippen LogP contribution in [0.15, 0.2) is 54.1 Å². The van der Waals surface area contributed by atoms with E-state index in [0.717, 1.165) is 0 Å². The maximum Gasteiger partial charge on any atom is 0.292 e. The van der Waals surface area contributed by atoms with Crippen LogP contribution in [-0.2, 0) is 4.79 Å². The molecule has 0 radical (unpaired) electrons. The SMILES string of the molecule is N#C/C(=C\c1ccc(O)cc1)C(=O)Nc1ccccc1[N+](=O)[O-]. The molecule has 23 heavy (non-hydrogen) atoms. The Bertz CT molecular complexity index is 820. The van der Waals surface area contributed by atoms with Crippen molar-refractivity contribution in [2.24, 2.45) is 0 Å². The average molecular weight is 309 g/mol. The Labute approximate surface area is 131 Å². The largest absolute Gasteiger partial charge is 0.508 e. The lowest BCUT2D eigenvalue weighted by atomic mass is 10.1. The van der Waals surface area contributed by atoms with Crippen molar-refractivity contribution in [2.75, 3.05) is 5.32 Å². The van der Waals surface area contributed by atoms with Crippen LogP contribution in [0, 0.1) is 21.4 Å². The standard InChI is InChI=1S/C16H11N3O4/c17-10-12(9-11-5-7-13(20)8-6-11)16(21)18-14-3-1-2-4-15(14)19(22)23/h1-9,20H,(H,18,21)/b12-9+. The first-order valence-corrected chi connectivity index (χ1v) is 6.47. The zero-order valence-electron chi connectivity index (χ0n) is 11.8. The number of anilines is 1. The van der Waals surface area contributed by atoms with E-state index in [1.807, 2.05) is 0 Å². The summed E-state index contributed by atoms with van der Waals surface area (Å²) in [4.78, 5) is 22.4. The Hall–Kier alpha value is -3.66. The van der Waals surface area contributed by atoms with Crippen molar-refractivity contribution in [1.29, 1.82) is 5.26 Å². The van der Waals surface area contributed by atoms with Gasteiger partial charge in [0.15, 0.2) is 0 Å². The summed E-state index contributed by atoms with van der Waals surface area (Å²) in [5, 5.41) is 31.6. The summed E-state index contributed by atoms with van der Waals surface area (Å²) in [6.45, 7) is 0. The Morgan fingerprint density at radius 3 is 2.48 bits per heavy atom. The molecule has 0 aliphatic rings. The average Bonchev–Trinajstić information content (AvgIpc) is 2.54. The fourth-order valence-corrected chi connectivity index (χ4v) is 1.81. The van der Waals surface area contributed by atoms with E-state index in [2.05, 4.69) is 5.32 Å². The van der Waals surface area contributed by atoms with Gasteiger partial charge in [0.2, 0.25) is 0 Å². The van der Waals surface area contributed by atoms with Gasteiger partial charge in [-0.05, 0) is 29.8 Å². The van der Waals surface area contributed by atoms with E-state index >= 15 is 0 Å². The number of benzene rings is 2. The first kappa shape index (κ1) is 15.7. The highest BCUT2D eigenvalue weighted by Gasteiger charge is 2.17. The van der Waals surface area contributed by atoms with Crippen LogP contribution in [0.1, 0.15) is 5.56 Å². The molecule has 0 aliphatic carbocycles. The third-order valence-electron chi connectivity index (χ3n) is 2.92. The van der Waals surface area contributed by atoms with Crippen molar-refractivity contribution in [1.82, 2.24) is 0 Å². The number of phenols is 1. The minimum absolute atomic E-state index is 0.00866. The molecule has 0 spiro atoms. The lowest BCUT2D eigenvalue weighted by molar-refractivity contribution is -0.383. The molecule has 2 rings (SSSR count). The summed E-state index contributed by atoms with van der Waals surface area (Å²) in [5.41, 5.74) is 0.0723. The number of aromatic hydroxyl groups is 1. The van der Waals surface area contributed by atoms with Gasteiger partial charge in [-0.25, -0.2) is 0 Å². The summed E-state index contributed by atoms with van der Waals surface area (Å²) in [6, 6.07) is 13.3. The van der Waals surface area contributed by atoms with Gasteiger partial charge in [0, 0.05) is 6.07 Å². The summed E-state index contributed by atoms with van der Waals surface area (Å²) in [5.74, 6) is -0.695. The quantitative estimate of drug-likeness (QED) is 0.390. The molecule has 7 heteroatoms. The fourth-order valence-electron chi connectivity index (χ4n) is 1.81. The Morgan fingerprint density at radius 2 is 1.87 bits per heavy atom. The summed E-state index contributed by atoms with van der Waals surface area (Å²) in [6.07, 6.45) is 1.32. The van der Waals surface area contributed by atoms with Crippen molar-refractivity contribution >= 4 is 23.4 Å². The summed E-state index contributed by atoms with van der Waals surface area (Å²) in [7, 11) is 0. The number of hydrogen-bond donors (Lipinski definition) is 2. The molecular formula is C16H11N3O4. The normalized spacial score (nSPS) is 10.7. The molecule has 2 N–H and O–H groups in total. The van der Waals surface area contributed by atoms with Gasteiger partial charge in [0.1, 0.15) is 23.1 Å². The number of carbonyl (C=O) groups is 1. The van der Waals surface area contributed by atoms with Crippen LogP contribution >= 0.6 is 0 Å². The van der Waals surface area contributed by atoms with Crippen LogP contribution in [0.4, 0.5) is 11.4 Å². The molecule has 2 aromatic carbocycles.